The highest BCUT2D eigenvalue weighted by Crippen LogP contribution is 2.40. The molecule has 0 aromatic heterocycles. The molecule has 1 nitrogen and oxygen atoms in total. The summed E-state index contributed by atoms with van der Waals surface area (Å²) >= 11 is 0. The lowest BCUT2D eigenvalue weighted by molar-refractivity contribution is 1.28. The van der Waals surface area contributed by atoms with Crippen LogP contribution in [0.15, 0.2) is 200 Å². The summed E-state index contributed by atoms with van der Waals surface area (Å²) in [6.45, 7) is 0. The van der Waals surface area contributed by atoms with Gasteiger partial charge in [0.05, 0.1) is 5.48 Å². The van der Waals surface area contributed by atoms with Gasteiger partial charge >= 0.3 is 0 Å². The number of fused-ring (bicyclic) bond motifs is 4. The Bertz CT molecular complexity index is 2800. The van der Waals surface area contributed by atoms with E-state index in [0.29, 0.717) is 5.56 Å². The molecule has 0 saturated heterocycles. The molecule has 0 bridgehead atoms. The molecule has 0 aliphatic carbocycles. The Balaban J connectivity index is 1.22. The molecule has 0 spiro atoms. The third-order valence-electron chi connectivity index (χ3n) is 9.31. The van der Waals surface area contributed by atoms with E-state index in [1.165, 1.54) is 0 Å². The largest absolute Gasteiger partial charge is 0.310 e. The van der Waals surface area contributed by atoms with Crippen molar-refractivity contribution in [2.45, 2.75) is 0 Å². The zero-order valence-electron chi connectivity index (χ0n) is 30.7. The van der Waals surface area contributed by atoms with Crippen LogP contribution in [-0.4, -0.2) is 0 Å². The maximum Gasteiger partial charge on any atom is 0.0645 e. The quantitative estimate of drug-likeness (QED) is 0.166. The van der Waals surface area contributed by atoms with Gasteiger partial charge in [-0.15, -0.1) is 0 Å². The highest BCUT2D eigenvalue weighted by atomic mass is 15.1. The van der Waals surface area contributed by atoms with E-state index in [2.05, 4.69) is 78.9 Å². The fourth-order valence-electron chi connectivity index (χ4n) is 6.86. The summed E-state index contributed by atoms with van der Waals surface area (Å²) < 4.78 is 37.7. The topological polar surface area (TPSA) is 3.24 Å². The Labute approximate surface area is 292 Å². The van der Waals surface area contributed by atoms with Gasteiger partial charge < -0.3 is 4.90 Å². The maximum atomic E-state index is 9.49. The van der Waals surface area contributed by atoms with Crippen molar-refractivity contribution in [2.75, 3.05) is 4.90 Å². The summed E-state index contributed by atoms with van der Waals surface area (Å²) in [5.74, 6) is 0. The molecule has 0 N–H and O–H groups in total. The predicted octanol–water partition coefficient (Wildman–Crippen LogP) is 13.6. The Kier molecular flexibility index (Phi) is 6.20. The minimum absolute atomic E-state index is 0.0859. The second-order valence-electron chi connectivity index (χ2n) is 12.3. The summed E-state index contributed by atoms with van der Waals surface area (Å²) in [5, 5.41) is 6.60. The normalized spacial score (nSPS) is 12.4. The van der Waals surface area contributed by atoms with Crippen molar-refractivity contribution in [3.05, 3.63) is 200 Å². The minimum Gasteiger partial charge on any atom is -0.310 e. The van der Waals surface area contributed by atoms with E-state index in [4.69, 9.17) is 0 Å². The predicted molar refractivity (Wildman–Crippen MR) is 210 cm³/mol. The average molecular weight is 628 g/mol. The Morgan fingerprint density at radius 3 is 1.71 bits per heavy atom. The number of hydrogen-bond donors (Lipinski definition) is 0. The fourth-order valence-corrected chi connectivity index (χ4v) is 6.86. The lowest BCUT2D eigenvalue weighted by atomic mass is 9.97. The van der Waals surface area contributed by atoms with Gasteiger partial charge in [-0.1, -0.05) is 158 Å². The smallest absolute Gasteiger partial charge is 0.0645 e. The van der Waals surface area contributed by atoms with E-state index in [-0.39, 0.29) is 35.4 Å². The van der Waals surface area contributed by atoms with E-state index >= 15 is 0 Å². The molecule has 0 unspecified atom stereocenters. The second-order valence-corrected chi connectivity index (χ2v) is 12.3. The molecule has 0 fully saturated rings. The van der Waals surface area contributed by atoms with Crippen LogP contribution in [0.1, 0.15) is 5.48 Å². The van der Waals surface area contributed by atoms with Gasteiger partial charge in [-0.05, 0) is 108 Å². The van der Waals surface area contributed by atoms with Crippen molar-refractivity contribution in [2.24, 2.45) is 0 Å². The van der Waals surface area contributed by atoms with Gasteiger partial charge in [-0.2, -0.15) is 0 Å². The second kappa shape index (κ2) is 12.3. The van der Waals surface area contributed by atoms with Crippen LogP contribution in [0.3, 0.4) is 0 Å². The standard InChI is InChI=1S/C48H33N/c1-2-10-34(11-3-1)35-22-27-42(28-23-35)49(44-16-8-15-40(33-44)47-19-9-14-37-12-4-6-17-45(37)47)43-29-24-36(25-30-43)39-26-31-48-41(32-39)21-20-38-13-5-7-18-46(38)48/h1-33H/i24D,25D,29D,30D. The summed E-state index contributed by atoms with van der Waals surface area (Å²) in [5.41, 5.74) is 6.76. The molecule has 0 radical (unpaired) electrons. The van der Waals surface area contributed by atoms with Gasteiger partial charge in [0.1, 0.15) is 0 Å². The van der Waals surface area contributed by atoms with Gasteiger partial charge in [0.25, 0.3) is 0 Å². The van der Waals surface area contributed by atoms with Crippen molar-refractivity contribution in [3.8, 4) is 33.4 Å². The molecular weight excluding hydrogens is 591 g/mol. The van der Waals surface area contributed by atoms with Crippen LogP contribution >= 0.6 is 0 Å². The molecule has 0 saturated carbocycles. The molecule has 0 amide bonds. The van der Waals surface area contributed by atoms with E-state index < -0.39 is 0 Å². The van der Waals surface area contributed by atoms with Gasteiger partial charge in [0, 0.05) is 17.1 Å². The van der Waals surface area contributed by atoms with E-state index in [1.807, 2.05) is 102 Å². The summed E-state index contributed by atoms with van der Waals surface area (Å²) in [7, 11) is 0. The van der Waals surface area contributed by atoms with E-state index in [1.54, 1.807) is 0 Å². The lowest BCUT2D eigenvalue weighted by Crippen LogP contribution is -2.10. The first kappa shape index (κ1) is 24.7. The summed E-state index contributed by atoms with van der Waals surface area (Å²) in [6, 6.07) is 58.7. The molecule has 9 aromatic carbocycles. The Morgan fingerprint density at radius 2 is 0.898 bits per heavy atom. The highest BCUT2D eigenvalue weighted by molar-refractivity contribution is 6.08. The van der Waals surface area contributed by atoms with Crippen molar-refractivity contribution >= 4 is 49.4 Å². The van der Waals surface area contributed by atoms with E-state index in [9.17, 15) is 5.48 Å². The van der Waals surface area contributed by atoms with Crippen LogP contribution in [0, 0.1) is 0 Å². The molecule has 0 atom stereocenters. The molecule has 49 heavy (non-hydrogen) atoms. The molecule has 9 aromatic rings. The number of anilines is 3. The third-order valence-corrected chi connectivity index (χ3v) is 9.31. The van der Waals surface area contributed by atoms with Crippen molar-refractivity contribution in [1.29, 1.82) is 0 Å². The van der Waals surface area contributed by atoms with Gasteiger partial charge in [0.15, 0.2) is 0 Å². The van der Waals surface area contributed by atoms with Crippen LogP contribution in [-0.2, 0) is 0 Å². The van der Waals surface area contributed by atoms with Crippen LogP contribution < -0.4 is 4.90 Å². The maximum absolute atomic E-state index is 9.49. The van der Waals surface area contributed by atoms with Crippen molar-refractivity contribution < 1.29 is 5.48 Å². The fraction of sp³-hybridized carbons (Fsp3) is 0. The van der Waals surface area contributed by atoms with Crippen molar-refractivity contribution in [1.82, 2.24) is 0 Å². The Hall–Kier alpha value is -6.44. The molecule has 0 heterocycles. The Morgan fingerprint density at radius 1 is 0.306 bits per heavy atom. The monoisotopic (exact) mass is 627 g/mol. The molecule has 0 aliphatic rings. The number of nitrogens with zero attached hydrogens (tertiary/aromatic N) is 1. The van der Waals surface area contributed by atoms with Crippen LogP contribution in [0.2, 0.25) is 0 Å². The SMILES string of the molecule is [2H]c1c([2H])c(N(c2ccc(-c3ccccc3)cc2)c2cccc(-c3cccc4ccccc34)c2)c([2H])c([2H])c1-c1ccc2c(ccc3ccccc32)c1. The number of hydrogen-bond acceptors (Lipinski definition) is 1. The first-order valence-electron chi connectivity index (χ1n) is 18.5. The minimum atomic E-state index is -0.109. The number of benzene rings is 9. The summed E-state index contributed by atoms with van der Waals surface area (Å²) in [6.07, 6.45) is 0. The third kappa shape index (κ3) is 5.42. The van der Waals surface area contributed by atoms with Crippen LogP contribution in [0.4, 0.5) is 17.1 Å². The number of rotatable bonds is 6. The first-order chi connectivity index (χ1) is 26.0. The van der Waals surface area contributed by atoms with Crippen LogP contribution in [0.5, 0.6) is 0 Å². The molecular formula is C48H33N. The van der Waals surface area contributed by atoms with Crippen molar-refractivity contribution in [3.63, 3.8) is 0 Å². The zero-order chi connectivity index (χ0) is 36.1. The lowest BCUT2D eigenvalue weighted by Gasteiger charge is -2.26. The summed E-state index contributed by atoms with van der Waals surface area (Å²) in [4.78, 5) is 1.86. The van der Waals surface area contributed by atoms with Crippen LogP contribution in [0.25, 0.3) is 65.7 Å². The zero-order valence-corrected chi connectivity index (χ0v) is 26.7. The van der Waals surface area contributed by atoms with Gasteiger partial charge in [0.2, 0.25) is 0 Å². The molecule has 230 valence electrons. The van der Waals surface area contributed by atoms with E-state index in [0.717, 1.165) is 65.9 Å². The molecule has 0 aliphatic heterocycles. The molecule has 9 rings (SSSR count). The van der Waals surface area contributed by atoms with Gasteiger partial charge in [-0.3, -0.25) is 0 Å². The average Bonchev–Trinajstić information content (AvgIpc) is 3.22. The first-order valence-corrected chi connectivity index (χ1v) is 16.5. The van der Waals surface area contributed by atoms with Gasteiger partial charge in [-0.25, -0.2) is 0 Å². The highest BCUT2D eigenvalue weighted by Gasteiger charge is 2.15. The molecule has 1 heteroatoms.